The Balaban J connectivity index is 1.98. The van der Waals surface area contributed by atoms with Crippen LogP contribution in [0.2, 0.25) is 0 Å². The van der Waals surface area contributed by atoms with E-state index in [0.717, 1.165) is 19.4 Å². The molecule has 2 aromatic rings. The summed E-state index contributed by atoms with van der Waals surface area (Å²) in [5.74, 6) is 0.265. The second-order valence-corrected chi connectivity index (χ2v) is 6.97. The summed E-state index contributed by atoms with van der Waals surface area (Å²) < 4.78 is 8.40. The molecule has 1 saturated heterocycles. The highest BCUT2D eigenvalue weighted by molar-refractivity contribution is 5.89. The monoisotopic (exact) mass is 300 g/mol. The van der Waals surface area contributed by atoms with E-state index in [9.17, 15) is 5.11 Å². The van der Waals surface area contributed by atoms with Crippen LogP contribution >= 0.6 is 0 Å². The van der Waals surface area contributed by atoms with Crippen molar-refractivity contribution in [3.63, 3.8) is 0 Å². The summed E-state index contributed by atoms with van der Waals surface area (Å²) in [7, 11) is 6.10. The molecular weight excluding hydrogens is 276 g/mol. The lowest BCUT2D eigenvalue weighted by molar-refractivity contribution is -0.130. The van der Waals surface area contributed by atoms with Gasteiger partial charge in [0.15, 0.2) is 0 Å². The first-order valence-electron chi connectivity index (χ1n) is 8.04. The van der Waals surface area contributed by atoms with Gasteiger partial charge in [-0.3, -0.25) is 4.90 Å². The smallest absolute Gasteiger partial charge is 0.110 e. The summed E-state index contributed by atoms with van der Waals surface area (Å²) >= 11 is 0. The number of ether oxygens (including phenoxy) is 1. The zero-order valence-corrected chi connectivity index (χ0v) is 13.5. The maximum atomic E-state index is 9.72. The fourth-order valence-electron chi connectivity index (χ4n) is 4.84. The van der Waals surface area contributed by atoms with Crippen LogP contribution in [0.1, 0.15) is 17.5 Å². The maximum Gasteiger partial charge on any atom is 0.110 e. The second kappa shape index (κ2) is 4.82. The zero-order chi connectivity index (χ0) is 15.5. The van der Waals surface area contributed by atoms with E-state index in [2.05, 4.69) is 48.0 Å². The molecule has 118 valence electrons. The van der Waals surface area contributed by atoms with Crippen LogP contribution < -0.4 is 0 Å². The number of rotatable bonds is 2. The van der Waals surface area contributed by atoms with E-state index in [4.69, 9.17) is 4.74 Å². The number of aryl methyl sites for hydroxylation is 1. The van der Waals surface area contributed by atoms with Crippen molar-refractivity contribution in [2.45, 2.75) is 24.5 Å². The fourth-order valence-corrected chi connectivity index (χ4v) is 4.84. The number of aromatic nitrogens is 1. The average molecular weight is 300 g/mol. The summed E-state index contributed by atoms with van der Waals surface area (Å²) in [6.07, 6.45) is 4.17. The molecule has 4 heteroatoms. The van der Waals surface area contributed by atoms with Crippen molar-refractivity contribution in [2.75, 3.05) is 27.3 Å². The van der Waals surface area contributed by atoms with Gasteiger partial charge >= 0.3 is 0 Å². The number of benzene rings is 1. The lowest BCUT2D eigenvalue weighted by Crippen LogP contribution is -2.59. The standard InChI is InChI=1S/C18H24N2O2/c1-19-10-13-7-16-18(22-3,8-12(11-21)9-20(16)2)14-5-4-6-15(19)17(13)14/h4-6,10,12,16,21H,7-9,11H2,1-3H3/t12?,16-,18?/m1/s1. The minimum Gasteiger partial charge on any atom is -0.396 e. The molecule has 1 aliphatic heterocycles. The molecule has 1 aliphatic carbocycles. The molecule has 2 aliphatic rings. The minimum absolute atomic E-state index is 0.222. The first kappa shape index (κ1) is 14.2. The largest absolute Gasteiger partial charge is 0.396 e. The predicted octanol–water partition coefficient (Wildman–Crippen LogP) is 1.89. The lowest BCUT2D eigenvalue weighted by atomic mass is 9.69. The molecule has 1 aromatic heterocycles. The normalized spacial score (nSPS) is 31.5. The molecule has 0 spiro atoms. The van der Waals surface area contributed by atoms with E-state index < -0.39 is 0 Å². The van der Waals surface area contributed by atoms with Crippen LogP contribution in [0.5, 0.6) is 0 Å². The summed E-state index contributed by atoms with van der Waals surface area (Å²) in [6.45, 7) is 1.16. The van der Waals surface area contributed by atoms with Crippen molar-refractivity contribution in [3.05, 3.63) is 35.5 Å². The molecule has 0 amide bonds. The highest BCUT2D eigenvalue weighted by Gasteiger charge is 2.51. The number of hydrogen-bond donors (Lipinski definition) is 1. The van der Waals surface area contributed by atoms with E-state index in [1.807, 2.05) is 7.11 Å². The van der Waals surface area contributed by atoms with Crippen LogP contribution in [-0.4, -0.2) is 47.9 Å². The summed E-state index contributed by atoms with van der Waals surface area (Å²) in [5.41, 5.74) is 3.68. The predicted molar refractivity (Wildman–Crippen MR) is 86.9 cm³/mol. The molecule has 2 unspecified atom stereocenters. The minimum atomic E-state index is -0.311. The van der Waals surface area contributed by atoms with Gasteiger partial charge in [0, 0.05) is 50.5 Å². The molecular formula is C18H24N2O2. The van der Waals surface area contributed by atoms with Crippen molar-refractivity contribution in [3.8, 4) is 0 Å². The molecule has 4 nitrogen and oxygen atoms in total. The Bertz CT molecular complexity index is 723. The Morgan fingerprint density at radius 1 is 1.36 bits per heavy atom. The first-order chi connectivity index (χ1) is 10.6. The van der Waals surface area contributed by atoms with E-state index in [1.54, 1.807) is 0 Å². The Labute approximate surface area is 131 Å². The molecule has 3 atom stereocenters. The maximum absolute atomic E-state index is 9.72. The lowest BCUT2D eigenvalue weighted by Gasteiger charge is -2.52. The van der Waals surface area contributed by atoms with Gasteiger partial charge in [-0.2, -0.15) is 0 Å². The number of fused-ring (bicyclic) bond motifs is 2. The van der Waals surface area contributed by atoms with Crippen molar-refractivity contribution in [2.24, 2.45) is 13.0 Å². The van der Waals surface area contributed by atoms with Gasteiger partial charge in [-0.1, -0.05) is 12.1 Å². The number of likely N-dealkylation sites (tertiary alicyclic amines) is 1. The molecule has 0 saturated carbocycles. The van der Waals surface area contributed by atoms with Crippen LogP contribution in [0.15, 0.2) is 24.4 Å². The SMILES string of the molecule is COC12CC(CO)CN(C)[C@@H]1Cc1cn(C)c3cccc2c13. The van der Waals surface area contributed by atoms with Crippen LogP contribution in [0.25, 0.3) is 10.9 Å². The van der Waals surface area contributed by atoms with E-state index in [0.29, 0.717) is 6.04 Å². The van der Waals surface area contributed by atoms with Gasteiger partial charge in [-0.25, -0.2) is 0 Å². The topological polar surface area (TPSA) is 37.6 Å². The third-order valence-corrected chi connectivity index (χ3v) is 5.79. The van der Waals surface area contributed by atoms with Gasteiger partial charge in [0.2, 0.25) is 0 Å². The molecule has 2 heterocycles. The van der Waals surface area contributed by atoms with Crippen molar-refractivity contribution < 1.29 is 9.84 Å². The van der Waals surface area contributed by atoms with Gasteiger partial charge in [-0.15, -0.1) is 0 Å². The van der Waals surface area contributed by atoms with Crippen LogP contribution in [-0.2, 0) is 23.8 Å². The zero-order valence-electron chi connectivity index (χ0n) is 13.5. The van der Waals surface area contributed by atoms with Crippen molar-refractivity contribution in [1.29, 1.82) is 0 Å². The van der Waals surface area contributed by atoms with Crippen LogP contribution in [0.4, 0.5) is 0 Å². The number of piperidine rings is 1. The Morgan fingerprint density at radius 2 is 2.18 bits per heavy atom. The molecule has 4 rings (SSSR count). The second-order valence-electron chi connectivity index (χ2n) is 6.97. The average Bonchev–Trinajstić information content (AvgIpc) is 2.86. The van der Waals surface area contributed by atoms with E-state index in [-0.39, 0.29) is 18.1 Å². The third-order valence-electron chi connectivity index (χ3n) is 5.79. The summed E-state index contributed by atoms with van der Waals surface area (Å²) in [6, 6.07) is 6.87. The van der Waals surface area contributed by atoms with Gasteiger partial charge in [0.25, 0.3) is 0 Å². The Morgan fingerprint density at radius 3 is 2.91 bits per heavy atom. The summed E-state index contributed by atoms with van der Waals surface area (Å²) in [4.78, 5) is 2.38. The highest BCUT2D eigenvalue weighted by Crippen LogP contribution is 2.49. The Kier molecular flexibility index (Phi) is 3.12. The molecule has 0 radical (unpaired) electrons. The first-order valence-corrected chi connectivity index (χ1v) is 8.04. The number of methoxy groups -OCH3 is 1. The third kappa shape index (κ3) is 1.69. The van der Waals surface area contributed by atoms with E-state index >= 15 is 0 Å². The molecule has 1 aromatic carbocycles. The fraction of sp³-hybridized carbons (Fsp3) is 0.556. The Hall–Kier alpha value is -1.36. The molecule has 1 fully saturated rings. The van der Waals surface area contributed by atoms with E-state index in [1.165, 1.54) is 22.0 Å². The quantitative estimate of drug-likeness (QED) is 0.920. The van der Waals surface area contributed by atoms with Gasteiger partial charge in [0.1, 0.15) is 5.60 Å². The summed E-state index contributed by atoms with van der Waals surface area (Å²) in [5, 5.41) is 11.1. The number of aliphatic hydroxyl groups excluding tert-OH is 1. The number of hydrogen-bond acceptors (Lipinski definition) is 3. The van der Waals surface area contributed by atoms with Gasteiger partial charge in [0.05, 0.1) is 0 Å². The van der Waals surface area contributed by atoms with Crippen molar-refractivity contribution in [1.82, 2.24) is 9.47 Å². The number of nitrogens with zero attached hydrogens (tertiary/aromatic N) is 2. The van der Waals surface area contributed by atoms with Crippen LogP contribution in [0, 0.1) is 5.92 Å². The van der Waals surface area contributed by atoms with Gasteiger partial charge in [-0.05, 0) is 43.0 Å². The highest BCUT2D eigenvalue weighted by atomic mass is 16.5. The van der Waals surface area contributed by atoms with Crippen molar-refractivity contribution >= 4 is 10.9 Å². The number of likely N-dealkylation sites (N-methyl/N-ethyl adjacent to an activating group) is 1. The molecule has 1 N–H and O–H groups in total. The molecule has 22 heavy (non-hydrogen) atoms. The van der Waals surface area contributed by atoms with Gasteiger partial charge < -0.3 is 14.4 Å². The number of aliphatic hydroxyl groups is 1. The van der Waals surface area contributed by atoms with Crippen LogP contribution in [0.3, 0.4) is 0 Å². The molecule has 0 bridgehead atoms.